The van der Waals surface area contributed by atoms with E-state index in [1.54, 1.807) is 0 Å². The Morgan fingerprint density at radius 3 is 2.84 bits per heavy atom. The first kappa shape index (κ1) is 13.4. The second-order valence-corrected chi connectivity index (χ2v) is 6.64. The maximum absolute atomic E-state index is 5.86. The Labute approximate surface area is 124 Å². The lowest BCUT2D eigenvalue weighted by atomic mass is 9.91. The van der Waals surface area contributed by atoms with E-state index in [0.29, 0.717) is 0 Å². The van der Waals surface area contributed by atoms with E-state index >= 15 is 0 Å². The standard InChI is InChI=1S/C16H20ClNS/c17-9-4-10-18(14-5-3-6-14)11-13-12-19-16-8-2-1-7-15(13)16/h1-2,7-8,12,14H,3-6,9-11H2. The van der Waals surface area contributed by atoms with Crippen molar-refractivity contribution in [2.75, 3.05) is 12.4 Å². The van der Waals surface area contributed by atoms with Gasteiger partial charge in [0.25, 0.3) is 0 Å². The first-order valence-electron chi connectivity index (χ1n) is 7.13. The van der Waals surface area contributed by atoms with Gasteiger partial charge in [-0.05, 0) is 48.2 Å². The first-order valence-corrected chi connectivity index (χ1v) is 8.55. The second kappa shape index (κ2) is 6.25. The Bertz CT molecular complexity index is 532. The molecule has 3 heteroatoms. The molecule has 0 N–H and O–H groups in total. The van der Waals surface area contributed by atoms with Crippen LogP contribution in [0.4, 0.5) is 0 Å². The topological polar surface area (TPSA) is 3.24 Å². The van der Waals surface area contributed by atoms with Crippen LogP contribution in [0.1, 0.15) is 31.2 Å². The quantitative estimate of drug-likeness (QED) is 0.686. The minimum Gasteiger partial charge on any atom is -0.296 e. The minimum absolute atomic E-state index is 0.771. The Morgan fingerprint density at radius 2 is 2.11 bits per heavy atom. The average Bonchev–Trinajstić information content (AvgIpc) is 2.77. The number of benzene rings is 1. The smallest absolute Gasteiger partial charge is 0.0346 e. The monoisotopic (exact) mass is 293 g/mol. The number of halogens is 1. The molecule has 0 atom stereocenters. The molecule has 1 saturated carbocycles. The fraction of sp³-hybridized carbons (Fsp3) is 0.500. The van der Waals surface area contributed by atoms with Crippen LogP contribution in [0.15, 0.2) is 29.6 Å². The summed E-state index contributed by atoms with van der Waals surface area (Å²) >= 11 is 7.73. The first-order chi connectivity index (χ1) is 9.38. The Kier molecular flexibility index (Phi) is 4.42. The van der Waals surface area contributed by atoms with Crippen molar-refractivity contribution in [1.82, 2.24) is 4.90 Å². The number of hydrogen-bond acceptors (Lipinski definition) is 2. The van der Waals surface area contributed by atoms with E-state index in [1.807, 2.05) is 11.3 Å². The van der Waals surface area contributed by atoms with Gasteiger partial charge in [0.1, 0.15) is 0 Å². The largest absolute Gasteiger partial charge is 0.296 e. The number of fused-ring (bicyclic) bond motifs is 1. The molecular formula is C16H20ClNS. The molecule has 1 aromatic carbocycles. The van der Waals surface area contributed by atoms with Crippen molar-refractivity contribution in [3.63, 3.8) is 0 Å². The molecule has 1 aliphatic carbocycles. The maximum Gasteiger partial charge on any atom is 0.0346 e. The summed E-state index contributed by atoms with van der Waals surface area (Å²) in [7, 11) is 0. The molecular weight excluding hydrogens is 274 g/mol. The molecule has 0 amide bonds. The highest BCUT2D eigenvalue weighted by atomic mass is 35.5. The van der Waals surface area contributed by atoms with Gasteiger partial charge in [-0.2, -0.15) is 0 Å². The number of alkyl halides is 1. The molecule has 19 heavy (non-hydrogen) atoms. The normalized spacial score (nSPS) is 16.1. The van der Waals surface area contributed by atoms with Gasteiger partial charge >= 0.3 is 0 Å². The average molecular weight is 294 g/mol. The molecule has 1 fully saturated rings. The zero-order chi connectivity index (χ0) is 13.1. The van der Waals surface area contributed by atoms with Gasteiger partial charge in [-0.25, -0.2) is 0 Å². The van der Waals surface area contributed by atoms with E-state index in [1.165, 1.54) is 34.9 Å². The lowest BCUT2D eigenvalue weighted by Gasteiger charge is -2.37. The van der Waals surface area contributed by atoms with E-state index in [9.17, 15) is 0 Å². The van der Waals surface area contributed by atoms with Crippen LogP contribution >= 0.6 is 22.9 Å². The summed E-state index contributed by atoms with van der Waals surface area (Å²) < 4.78 is 1.41. The summed E-state index contributed by atoms with van der Waals surface area (Å²) in [6.07, 6.45) is 5.22. The zero-order valence-electron chi connectivity index (χ0n) is 11.1. The molecule has 0 saturated heterocycles. The lowest BCUT2D eigenvalue weighted by Crippen LogP contribution is -2.40. The van der Waals surface area contributed by atoms with Crippen molar-refractivity contribution < 1.29 is 0 Å². The molecule has 2 aromatic rings. The summed E-state index contributed by atoms with van der Waals surface area (Å²) in [6, 6.07) is 9.53. The molecule has 0 aliphatic heterocycles. The van der Waals surface area contributed by atoms with E-state index in [4.69, 9.17) is 11.6 Å². The van der Waals surface area contributed by atoms with Crippen LogP contribution in [0.3, 0.4) is 0 Å². The van der Waals surface area contributed by atoms with Crippen molar-refractivity contribution in [1.29, 1.82) is 0 Å². The highest BCUT2D eigenvalue weighted by molar-refractivity contribution is 7.17. The van der Waals surface area contributed by atoms with Gasteiger partial charge in [0.05, 0.1) is 0 Å². The summed E-state index contributed by atoms with van der Waals surface area (Å²) in [6.45, 7) is 2.23. The number of rotatable bonds is 6. The lowest BCUT2D eigenvalue weighted by molar-refractivity contribution is 0.120. The van der Waals surface area contributed by atoms with Crippen molar-refractivity contribution in [3.8, 4) is 0 Å². The van der Waals surface area contributed by atoms with Gasteiger partial charge in [-0.1, -0.05) is 24.6 Å². The van der Waals surface area contributed by atoms with Gasteiger partial charge in [0, 0.05) is 23.2 Å². The molecule has 1 heterocycles. The summed E-state index contributed by atoms with van der Waals surface area (Å²) in [5.74, 6) is 0.771. The molecule has 0 radical (unpaired) electrons. The molecule has 1 nitrogen and oxygen atoms in total. The molecule has 0 spiro atoms. The maximum atomic E-state index is 5.86. The van der Waals surface area contributed by atoms with Gasteiger partial charge < -0.3 is 0 Å². The highest BCUT2D eigenvalue weighted by Gasteiger charge is 2.25. The minimum atomic E-state index is 0.771. The van der Waals surface area contributed by atoms with Crippen molar-refractivity contribution >= 4 is 33.0 Å². The van der Waals surface area contributed by atoms with Crippen molar-refractivity contribution in [3.05, 3.63) is 35.2 Å². The van der Waals surface area contributed by atoms with Crippen LogP contribution in [-0.2, 0) is 6.54 Å². The third kappa shape index (κ3) is 2.96. The van der Waals surface area contributed by atoms with Gasteiger partial charge in [0.15, 0.2) is 0 Å². The number of hydrogen-bond donors (Lipinski definition) is 0. The predicted octanol–water partition coefficient (Wildman–Crippen LogP) is 4.88. The zero-order valence-corrected chi connectivity index (χ0v) is 12.7. The van der Waals surface area contributed by atoms with Crippen molar-refractivity contribution in [2.45, 2.75) is 38.3 Å². The van der Waals surface area contributed by atoms with Crippen molar-refractivity contribution in [2.24, 2.45) is 0 Å². The van der Waals surface area contributed by atoms with Crippen LogP contribution in [0, 0.1) is 0 Å². The van der Waals surface area contributed by atoms with Gasteiger partial charge in [0.2, 0.25) is 0 Å². The summed E-state index contributed by atoms with van der Waals surface area (Å²) in [4.78, 5) is 2.64. The van der Waals surface area contributed by atoms with E-state index in [0.717, 1.165) is 31.4 Å². The fourth-order valence-corrected chi connectivity index (χ4v) is 3.85. The Hall–Kier alpha value is -0.570. The van der Waals surface area contributed by atoms with E-state index in [-0.39, 0.29) is 0 Å². The van der Waals surface area contributed by atoms with E-state index < -0.39 is 0 Å². The highest BCUT2D eigenvalue weighted by Crippen LogP contribution is 2.30. The van der Waals surface area contributed by atoms with Crippen LogP contribution in [-0.4, -0.2) is 23.4 Å². The molecule has 3 rings (SSSR count). The summed E-state index contributed by atoms with van der Waals surface area (Å²) in [5, 5.41) is 3.76. The van der Waals surface area contributed by atoms with Crippen LogP contribution in [0.5, 0.6) is 0 Å². The SMILES string of the molecule is ClCCCN(Cc1csc2ccccc12)C1CCC1. The van der Waals surface area contributed by atoms with Gasteiger partial charge in [-0.15, -0.1) is 22.9 Å². The Balaban J connectivity index is 1.76. The van der Waals surface area contributed by atoms with Crippen LogP contribution in [0.25, 0.3) is 10.1 Å². The molecule has 0 unspecified atom stereocenters. The Morgan fingerprint density at radius 1 is 1.26 bits per heavy atom. The summed E-state index contributed by atoms with van der Waals surface area (Å²) in [5.41, 5.74) is 1.49. The predicted molar refractivity (Wildman–Crippen MR) is 85.2 cm³/mol. The van der Waals surface area contributed by atoms with Crippen LogP contribution in [0.2, 0.25) is 0 Å². The third-order valence-corrected chi connectivity index (χ3v) is 5.38. The van der Waals surface area contributed by atoms with Crippen LogP contribution < -0.4 is 0 Å². The molecule has 1 aromatic heterocycles. The molecule has 1 aliphatic rings. The number of nitrogens with zero attached hydrogens (tertiary/aromatic N) is 1. The fourth-order valence-electron chi connectivity index (χ4n) is 2.78. The molecule has 0 bridgehead atoms. The van der Waals surface area contributed by atoms with Gasteiger partial charge in [-0.3, -0.25) is 4.90 Å². The molecule has 102 valence electrons. The second-order valence-electron chi connectivity index (χ2n) is 5.35. The van der Waals surface area contributed by atoms with E-state index in [2.05, 4.69) is 34.5 Å². The third-order valence-electron chi connectivity index (χ3n) is 4.10. The number of thiophene rings is 1.